The van der Waals surface area contributed by atoms with Crippen molar-refractivity contribution in [2.75, 3.05) is 31.1 Å². The molecule has 6 nitrogen and oxygen atoms in total. The first-order chi connectivity index (χ1) is 15.0. The van der Waals surface area contributed by atoms with E-state index in [4.69, 9.17) is 4.74 Å². The van der Waals surface area contributed by atoms with Crippen LogP contribution in [0.1, 0.15) is 47.3 Å². The predicted octanol–water partition coefficient (Wildman–Crippen LogP) is 3.31. The molecule has 2 saturated heterocycles. The van der Waals surface area contributed by atoms with Crippen molar-refractivity contribution in [3.05, 3.63) is 59.2 Å². The SMILES string of the molecule is Cc1ccc(C(=O)N2CCC(OC3CCN(c4cccc(CO)c4F)CC3)CC2)cn1. The van der Waals surface area contributed by atoms with Crippen LogP contribution in [0.2, 0.25) is 0 Å². The van der Waals surface area contributed by atoms with Crippen molar-refractivity contribution in [3.63, 3.8) is 0 Å². The Labute approximate surface area is 182 Å². The quantitative estimate of drug-likeness (QED) is 0.793. The van der Waals surface area contributed by atoms with Crippen LogP contribution in [0, 0.1) is 12.7 Å². The number of piperidine rings is 2. The second kappa shape index (κ2) is 9.75. The third kappa shape index (κ3) is 5.05. The Morgan fingerprint density at radius 3 is 2.39 bits per heavy atom. The van der Waals surface area contributed by atoms with Gasteiger partial charge in [-0.3, -0.25) is 9.78 Å². The molecule has 2 aliphatic rings. The zero-order valence-corrected chi connectivity index (χ0v) is 18.0. The Morgan fingerprint density at radius 2 is 1.77 bits per heavy atom. The Balaban J connectivity index is 1.24. The maximum Gasteiger partial charge on any atom is 0.255 e. The van der Waals surface area contributed by atoms with Crippen LogP contribution < -0.4 is 4.90 Å². The van der Waals surface area contributed by atoms with Crippen molar-refractivity contribution in [1.29, 1.82) is 0 Å². The molecule has 0 radical (unpaired) electrons. The van der Waals surface area contributed by atoms with Gasteiger partial charge in [0, 0.05) is 43.6 Å². The highest BCUT2D eigenvalue weighted by Gasteiger charge is 2.28. The molecule has 0 saturated carbocycles. The lowest BCUT2D eigenvalue weighted by Crippen LogP contribution is -2.44. The van der Waals surface area contributed by atoms with E-state index in [1.165, 1.54) is 0 Å². The number of hydrogen-bond donors (Lipinski definition) is 1. The van der Waals surface area contributed by atoms with E-state index in [9.17, 15) is 14.3 Å². The molecule has 2 fully saturated rings. The topological polar surface area (TPSA) is 65.9 Å². The number of aliphatic hydroxyl groups is 1. The molecule has 0 bridgehead atoms. The number of ether oxygens (including phenoxy) is 1. The number of hydrogen-bond acceptors (Lipinski definition) is 5. The molecule has 1 aromatic carbocycles. The molecule has 1 amide bonds. The summed E-state index contributed by atoms with van der Waals surface area (Å²) in [4.78, 5) is 20.8. The number of aryl methyl sites for hydroxylation is 1. The lowest BCUT2D eigenvalue weighted by molar-refractivity contribution is -0.0478. The molecule has 1 aromatic heterocycles. The number of anilines is 1. The Morgan fingerprint density at radius 1 is 1.10 bits per heavy atom. The van der Waals surface area contributed by atoms with Gasteiger partial charge in [0.05, 0.1) is 30.1 Å². The molecule has 166 valence electrons. The summed E-state index contributed by atoms with van der Waals surface area (Å²) in [5.41, 5.74) is 2.43. The van der Waals surface area contributed by atoms with Crippen molar-refractivity contribution in [1.82, 2.24) is 9.88 Å². The molecule has 4 rings (SSSR count). The fourth-order valence-corrected chi connectivity index (χ4v) is 4.41. The summed E-state index contributed by atoms with van der Waals surface area (Å²) >= 11 is 0. The van der Waals surface area contributed by atoms with Gasteiger partial charge in [-0.05, 0) is 50.8 Å². The molecule has 2 aliphatic heterocycles. The molecule has 1 N–H and O–H groups in total. The molecular formula is C24H30FN3O3. The normalized spacial score (nSPS) is 18.4. The minimum absolute atomic E-state index is 0.0337. The summed E-state index contributed by atoms with van der Waals surface area (Å²) in [5.74, 6) is -0.295. The van der Waals surface area contributed by atoms with E-state index < -0.39 is 0 Å². The van der Waals surface area contributed by atoms with E-state index in [0.29, 0.717) is 29.9 Å². The van der Waals surface area contributed by atoms with Crippen molar-refractivity contribution in [3.8, 4) is 0 Å². The number of rotatable bonds is 5. The minimum Gasteiger partial charge on any atom is -0.392 e. The van der Waals surface area contributed by atoms with Crippen LogP contribution in [0.4, 0.5) is 10.1 Å². The summed E-state index contributed by atoms with van der Waals surface area (Å²) < 4.78 is 20.8. The van der Waals surface area contributed by atoms with Crippen LogP contribution in [0.5, 0.6) is 0 Å². The van der Waals surface area contributed by atoms with Gasteiger partial charge >= 0.3 is 0 Å². The number of aromatic nitrogens is 1. The molecule has 0 atom stereocenters. The zero-order valence-electron chi connectivity index (χ0n) is 18.0. The molecule has 0 aliphatic carbocycles. The van der Waals surface area contributed by atoms with Crippen LogP contribution in [-0.4, -0.2) is 59.3 Å². The highest BCUT2D eigenvalue weighted by atomic mass is 19.1. The first-order valence-corrected chi connectivity index (χ1v) is 11.1. The lowest BCUT2D eigenvalue weighted by Gasteiger charge is -2.38. The number of pyridine rings is 1. The molecule has 7 heteroatoms. The van der Waals surface area contributed by atoms with Crippen LogP contribution in [0.25, 0.3) is 0 Å². The minimum atomic E-state index is -0.329. The maximum atomic E-state index is 14.5. The van der Waals surface area contributed by atoms with Gasteiger partial charge in [-0.2, -0.15) is 0 Å². The van der Waals surface area contributed by atoms with Gasteiger partial charge in [0.15, 0.2) is 5.82 Å². The largest absolute Gasteiger partial charge is 0.392 e. The molecule has 3 heterocycles. The maximum absolute atomic E-state index is 14.5. The Kier molecular flexibility index (Phi) is 6.83. The highest BCUT2D eigenvalue weighted by Crippen LogP contribution is 2.28. The van der Waals surface area contributed by atoms with E-state index in [1.54, 1.807) is 24.4 Å². The molecule has 31 heavy (non-hydrogen) atoms. The van der Waals surface area contributed by atoms with Crippen molar-refractivity contribution < 1.29 is 19.0 Å². The van der Waals surface area contributed by atoms with Gasteiger partial charge in [-0.1, -0.05) is 12.1 Å². The smallest absolute Gasteiger partial charge is 0.255 e. The van der Waals surface area contributed by atoms with E-state index >= 15 is 0 Å². The van der Waals surface area contributed by atoms with Crippen LogP contribution in [0.15, 0.2) is 36.5 Å². The van der Waals surface area contributed by atoms with Gasteiger partial charge in [-0.25, -0.2) is 4.39 Å². The van der Waals surface area contributed by atoms with E-state index in [2.05, 4.69) is 4.98 Å². The number of halogens is 1. The molecular weight excluding hydrogens is 397 g/mol. The summed E-state index contributed by atoms with van der Waals surface area (Å²) in [7, 11) is 0. The summed E-state index contributed by atoms with van der Waals surface area (Å²) in [6.45, 7) is 4.46. The summed E-state index contributed by atoms with van der Waals surface area (Å²) in [6, 6.07) is 8.86. The third-order valence-corrected chi connectivity index (χ3v) is 6.28. The standard InChI is InChI=1S/C24H30FN3O3/c1-17-5-6-18(15-26-17)24(30)28-13-9-21(10-14-28)31-20-7-11-27(12-8-20)22-4-2-3-19(16-29)23(22)25/h2-6,15,20-21,29H,7-14,16H2,1H3. The monoisotopic (exact) mass is 427 g/mol. The Bertz CT molecular complexity index is 889. The van der Waals surface area contributed by atoms with Crippen molar-refractivity contribution >= 4 is 11.6 Å². The first-order valence-electron chi connectivity index (χ1n) is 11.1. The second-order valence-corrected chi connectivity index (χ2v) is 8.41. The second-order valence-electron chi connectivity index (χ2n) is 8.41. The molecule has 0 unspecified atom stereocenters. The fraction of sp³-hybridized carbons (Fsp3) is 0.500. The van der Waals surface area contributed by atoms with Gasteiger partial charge < -0.3 is 19.6 Å². The number of amides is 1. The van der Waals surface area contributed by atoms with Gasteiger partial charge in [0.25, 0.3) is 5.91 Å². The summed E-state index contributed by atoms with van der Waals surface area (Å²) in [6.07, 6.45) is 5.32. The molecule has 2 aromatic rings. The van der Waals surface area contributed by atoms with Crippen LogP contribution in [0.3, 0.4) is 0 Å². The van der Waals surface area contributed by atoms with Crippen LogP contribution in [-0.2, 0) is 11.3 Å². The van der Waals surface area contributed by atoms with Crippen molar-refractivity contribution in [2.45, 2.75) is 51.4 Å². The predicted molar refractivity (Wildman–Crippen MR) is 117 cm³/mol. The van der Waals surface area contributed by atoms with E-state index in [-0.39, 0.29) is 30.5 Å². The van der Waals surface area contributed by atoms with Gasteiger partial charge in [0.2, 0.25) is 0 Å². The summed E-state index contributed by atoms with van der Waals surface area (Å²) in [5, 5.41) is 9.29. The number of likely N-dealkylation sites (tertiary alicyclic amines) is 1. The van der Waals surface area contributed by atoms with Crippen LogP contribution >= 0.6 is 0 Å². The van der Waals surface area contributed by atoms with Crippen molar-refractivity contribution in [2.24, 2.45) is 0 Å². The fourth-order valence-electron chi connectivity index (χ4n) is 4.41. The number of nitrogens with zero attached hydrogens (tertiary/aromatic N) is 3. The van der Waals surface area contributed by atoms with Gasteiger partial charge in [0.1, 0.15) is 0 Å². The lowest BCUT2D eigenvalue weighted by atomic mass is 10.0. The average molecular weight is 428 g/mol. The van der Waals surface area contributed by atoms with E-state index in [1.807, 2.05) is 28.9 Å². The Hall–Kier alpha value is -2.51. The number of benzene rings is 1. The number of carbonyl (C=O) groups is 1. The number of carbonyl (C=O) groups excluding carboxylic acids is 1. The van der Waals surface area contributed by atoms with E-state index in [0.717, 1.165) is 44.5 Å². The first kappa shape index (κ1) is 21.7. The third-order valence-electron chi connectivity index (χ3n) is 6.28. The number of aliphatic hydroxyl groups excluding tert-OH is 1. The zero-order chi connectivity index (χ0) is 21.8. The van der Waals surface area contributed by atoms with Gasteiger partial charge in [-0.15, -0.1) is 0 Å². The highest BCUT2D eigenvalue weighted by molar-refractivity contribution is 5.94. The molecule has 0 spiro atoms. The average Bonchev–Trinajstić information content (AvgIpc) is 2.80.